The van der Waals surface area contributed by atoms with Gasteiger partial charge in [0.2, 0.25) is 0 Å². The highest BCUT2D eigenvalue weighted by Gasteiger charge is 2.20. The molecule has 2 N–H and O–H groups in total. The third kappa shape index (κ3) is 2.13. The minimum atomic E-state index is -0.0878. The lowest BCUT2D eigenvalue weighted by molar-refractivity contribution is 0.0924. The van der Waals surface area contributed by atoms with Crippen LogP contribution in [-0.4, -0.2) is 25.0 Å². The summed E-state index contributed by atoms with van der Waals surface area (Å²) >= 11 is 6.06. The van der Waals surface area contributed by atoms with Crippen LogP contribution in [0.2, 0.25) is 5.02 Å². The first-order chi connectivity index (χ1) is 7.18. The minimum Gasteiger partial charge on any atom is -0.347 e. The Labute approximate surface area is 93.8 Å². The van der Waals surface area contributed by atoms with Crippen molar-refractivity contribution in [3.63, 3.8) is 0 Å². The number of aryl methyl sites for hydroxylation is 1. The zero-order chi connectivity index (χ0) is 10.8. The molecule has 3 nitrogen and oxygen atoms in total. The summed E-state index contributed by atoms with van der Waals surface area (Å²) in [5.41, 5.74) is 1.49. The molecule has 1 fully saturated rings. The van der Waals surface area contributed by atoms with Gasteiger partial charge in [0.25, 0.3) is 5.91 Å². The normalized spacial score (nSPS) is 15.9. The third-order valence-corrected chi connectivity index (χ3v) is 3.05. The Morgan fingerprint density at radius 3 is 2.87 bits per heavy atom. The smallest absolute Gasteiger partial charge is 0.253 e. The largest absolute Gasteiger partial charge is 0.347 e. The van der Waals surface area contributed by atoms with E-state index >= 15 is 0 Å². The second-order valence-corrected chi connectivity index (χ2v) is 4.14. The lowest BCUT2D eigenvalue weighted by atomic mass is 10.1. The Morgan fingerprint density at radius 1 is 1.53 bits per heavy atom. The molecule has 0 aliphatic carbocycles. The summed E-state index contributed by atoms with van der Waals surface area (Å²) in [5.74, 6) is -0.0878. The third-order valence-electron chi connectivity index (χ3n) is 2.55. The average Bonchev–Trinajstić information content (AvgIpc) is 2.15. The molecule has 80 valence electrons. The van der Waals surface area contributed by atoms with Gasteiger partial charge in [-0.25, -0.2) is 0 Å². The van der Waals surface area contributed by atoms with E-state index in [1.54, 1.807) is 6.07 Å². The molecule has 2 rings (SSSR count). The van der Waals surface area contributed by atoms with E-state index in [1.807, 2.05) is 19.1 Å². The molecule has 1 amide bonds. The fourth-order valence-corrected chi connectivity index (χ4v) is 1.69. The van der Waals surface area contributed by atoms with Crippen molar-refractivity contribution in [2.45, 2.75) is 13.0 Å². The zero-order valence-corrected chi connectivity index (χ0v) is 9.27. The van der Waals surface area contributed by atoms with Crippen LogP contribution in [-0.2, 0) is 0 Å². The standard InChI is InChI=1S/C11H13ClN2O/c1-7-3-2-4-9(10(7)12)11(15)14-8-5-13-6-8/h2-4,8,13H,5-6H2,1H3,(H,14,15). The molecule has 0 aromatic heterocycles. The van der Waals surface area contributed by atoms with Crippen molar-refractivity contribution in [1.82, 2.24) is 10.6 Å². The van der Waals surface area contributed by atoms with Crippen molar-refractivity contribution in [1.29, 1.82) is 0 Å². The van der Waals surface area contributed by atoms with Gasteiger partial charge < -0.3 is 10.6 Å². The first-order valence-electron chi connectivity index (χ1n) is 4.95. The number of amides is 1. The van der Waals surface area contributed by atoms with Crippen LogP contribution in [0.5, 0.6) is 0 Å². The summed E-state index contributed by atoms with van der Waals surface area (Å²) in [6.45, 7) is 3.58. The number of nitrogens with one attached hydrogen (secondary N) is 2. The highest BCUT2D eigenvalue weighted by molar-refractivity contribution is 6.34. The number of carbonyl (C=O) groups is 1. The molecule has 1 aliphatic heterocycles. The summed E-state index contributed by atoms with van der Waals surface area (Å²) in [5, 5.41) is 6.55. The Morgan fingerprint density at radius 2 is 2.27 bits per heavy atom. The molecular formula is C11H13ClN2O. The number of hydrogen-bond acceptors (Lipinski definition) is 2. The fraction of sp³-hybridized carbons (Fsp3) is 0.364. The Balaban J connectivity index is 2.13. The topological polar surface area (TPSA) is 41.1 Å². The maximum absolute atomic E-state index is 11.8. The zero-order valence-electron chi connectivity index (χ0n) is 8.51. The first kappa shape index (κ1) is 10.5. The summed E-state index contributed by atoms with van der Waals surface area (Å²) < 4.78 is 0. The SMILES string of the molecule is Cc1cccc(C(=O)NC2CNC2)c1Cl. The summed E-state index contributed by atoms with van der Waals surface area (Å²) in [7, 11) is 0. The molecule has 1 saturated heterocycles. The van der Waals surface area contributed by atoms with Crippen molar-refractivity contribution < 1.29 is 4.79 Å². The predicted molar refractivity (Wildman–Crippen MR) is 60.3 cm³/mol. The lowest BCUT2D eigenvalue weighted by Crippen LogP contribution is -2.56. The molecule has 0 spiro atoms. The van der Waals surface area contributed by atoms with E-state index in [2.05, 4.69) is 10.6 Å². The van der Waals surface area contributed by atoms with E-state index in [1.165, 1.54) is 0 Å². The van der Waals surface area contributed by atoms with E-state index in [0.29, 0.717) is 10.6 Å². The van der Waals surface area contributed by atoms with Gasteiger partial charge in [-0.05, 0) is 18.6 Å². The molecule has 4 heteroatoms. The quantitative estimate of drug-likeness (QED) is 0.796. The lowest BCUT2D eigenvalue weighted by Gasteiger charge is -2.28. The van der Waals surface area contributed by atoms with Crippen LogP contribution >= 0.6 is 11.6 Å². The van der Waals surface area contributed by atoms with Gasteiger partial charge in [0.15, 0.2) is 0 Å². The van der Waals surface area contributed by atoms with Crippen LogP contribution in [0.3, 0.4) is 0 Å². The number of carbonyl (C=O) groups excluding carboxylic acids is 1. The molecular weight excluding hydrogens is 212 g/mol. The molecule has 1 heterocycles. The van der Waals surface area contributed by atoms with E-state index in [4.69, 9.17) is 11.6 Å². The second kappa shape index (κ2) is 4.21. The van der Waals surface area contributed by atoms with Gasteiger partial charge in [-0.2, -0.15) is 0 Å². The maximum atomic E-state index is 11.8. The van der Waals surface area contributed by atoms with Crippen LogP contribution < -0.4 is 10.6 Å². The Kier molecular flexibility index (Phi) is 2.93. The van der Waals surface area contributed by atoms with E-state index < -0.39 is 0 Å². The van der Waals surface area contributed by atoms with Crippen molar-refractivity contribution in [3.05, 3.63) is 34.3 Å². The van der Waals surface area contributed by atoms with Crippen LogP contribution in [0.1, 0.15) is 15.9 Å². The monoisotopic (exact) mass is 224 g/mol. The molecule has 0 saturated carbocycles. The first-order valence-corrected chi connectivity index (χ1v) is 5.33. The molecule has 1 aromatic rings. The maximum Gasteiger partial charge on any atom is 0.253 e. The molecule has 0 unspecified atom stereocenters. The van der Waals surface area contributed by atoms with Gasteiger partial charge >= 0.3 is 0 Å². The summed E-state index contributed by atoms with van der Waals surface area (Å²) in [4.78, 5) is 11.8. The van der Waals surface area contributed by atoms with Crippen LogP contribution in [0.15, 0.2) is 18.2 Å². The number of hydrogen-bond donors (Lipinski definition) is 2. The van der Waals surface area contributed by atoms with Gasteiger partial charge in [0.1, 0.15) is 0 Å². The van der Waals surface area contributed by atoms with Gasteiger partial charge in [-0.15, -0.1) is 0 Å². The van der Waals surface area contributed by atoms with Crippen LogP contribution in [0.25, 0.3) is 0 Å². The minimum absolute atomic E-state index is 0.0878. The van der Waals surface area contributed by atoms with Crippen molar-refractivity contribution in [2.24, 2.45) is 0 Å². The molecule has 0 radical (unpaired) electrons. The summed E-state index contributed by atoms with van der Waals surface area (Å²) in [6.07, 6.45) is 0. The second-order valence-electron chi connectivity index (χ2n) is 3.77. The van der Waals surface area contributed by atoms with E-state index in [9.17, 15) is 4.79 Å². The fourth-order valence-electron chi connectivity index (χ4n) is 1.48. The van der Waals surface area contributed by atoms with Gasteiger partial charge in [-0.3, -0.25) is 4.79 Å². The number of benzene rings is 1. The van der Waals surface area contributed by atoms with Gasteiger partial charge in [0, 0.05) is 13.1 Å². The highest BCUT2D eigenvalue weighted by atomic mass is 35.5. The van der Waals surface area contributed by atoms with Gasteiger partial charge in [-0.1, -0.05) is 23.7 Å². The van der Waals surface area contributed by atoms with Gasteiger partial charge in [0.05, 0.1) is 16.6 Å². The molecule has 15 heavy (non-hydrogen) atoms. The average molecular weight is 225 g/mol. The molecule has 1 aliphatic rings. The Hall–Kier alpha value is -1.06. The van der Waals surface area contributed by atoms with Crippen molar-refractivity contribution >= 4 is 17.5 Å². The molecule has 0 bridgehead atoms. The van der Waals surface area contributed by atoms with Crippen molar-refractivity contribution in [3.8, 4) is 0 Å². The molecule has 1 aromatic carbocycles. The number of halogens is 1. The van der Waals surface area contributed by atoms with E-state index in [0.717, 1.165) is 18.7 Å². The number of rotatable bonds is 2. The predicted octanol–water partition coefficient (Wildman–Crippen LogP) is 1.35. The Bertz CT molecular complexity index is 388. The van der Waals surface area contributed by atoms with Crippen LogP contribution in [0, 0.1) is 6.92 Å². The van der Waals surface area contributed by atoms with Crippen LogP contribution in [0.4, 0.5) is 0 Å². The highest BCUT2D eigenvalue weighted by Crippen LogP contribution is 2.20. The van der Waals surface area contributed by atoms with E-state index in [-0.39, 0.29) is 11.9 Å². The summed E-state index contributed by atoms with van der Waals surface area (Å²) in [6, 6.07) is 5.73. The molecule has 0 atom stereocenters. The van der Waals surface area contributed by atoms with Crippen molar-refractivity contribution in [2.75, 3.05) is 13.1 Å².